The fraction of sp³-hybridized carbons (Fsp3) is 0.667. The van der Waals surface area contributed by atoms with Crippen LogP contribution in [-0.4, -0.2) is 56.4 Å². The lowest BCUT2D eigenvalue weighted by atomic mass is 10.1. The molecule has 0 amide bonds. The Balaban J connectivity index is 1.75. The van der Waals surface area contributed by atoms with E-state index < -0.39 is 0 Å². The summed E-state index contributed by atoms with van der Waals surface area (Å²) in [5.41, 5.74) is 3.68. The van der Waals surface area contributed by atoms with Gasteiger partial charge in [-0.25, -0.2) is 0 Å². The highest BCUT2D eigenvalue weighted by Gasteiger charge is 2.30. The number of aromatic nitrogens is 4. The monoisotopic (exact) mass is 304 g/mol. The van der Waals surface area contributed by atoms with E-state index in [0.717, 1.165) is 31.9 Å². The summed E-state index contributed by atoms with van der Waals surface area (Å²) in [7, 11) is 4.11. The smallest absolute Gasteiger partial charge is 0.245 e. The Kier molecular flexibility index (Phi) is 4.01. The highest BCUT2D eigenvalue weighted by Crippen LogP contribution is 2.25. The molecule has 1 saturated heterocycles. The Labute approximate surface area is 130 Å². The van der Waals surface area contributed by atoms with Crippen LogP contribution in [0.2, 0.25) is 0 Å². The molecule has 0 radical (unpaired) electrons. The van der Waals surface area contributed by atoms with Crippen LogP contribution in [-0.2, 0) is 13.6 Å². The number of likely N-dealkylation sites (N-methyl/N-ethyl adjacent to an activating group) is 1. The summed E-state index contributed by atoms with van der Waals surface area (Å²) in [6.45, 7) is 9.91. The van der Waals surface area contributed by atoms with Crippen molar-refractivity contribution >= 4 is 0 Å². The maximum absolute atomic E-state index is 5.38. The Morgan fingerprint density at radius 2 is 1.95 bits per heavy atom. The number of nitrogens with zero attached hydrogens (tertiary/aromatic N) is 6. The lowest BCUT2D eigenvalue weighted by molar-refractivity contribution is 0.0712. The van der Waals surface area contributed by atoms with Crippen LogP contribution in [0.15, 0.2) is 4.52 Å². The molecular weight excluding hydrogens is 280 g/mol. The molecule has 2 aromatic rings. The van der Waals surface area contributed by atoms with Crippen LogP contribution in [0.3, 0.4) is 0 Å². The fourth-order valence-corrected chi connectivity index (χ4v) is 3.06. The molecule has 1 aliphatic rings. The van der Waals surface area contributed by atoms with Crippen LogP contribution in [0, 0.1) is 20.8 Å². The van der Waals surface area contributed by atoms with Crippen LogP contribution >= 0.6 is 0 Å². The zero-order valence-electron chi connectivity index (χ0n) is 14.0. The molecule has 2 aromatic heterocycles. The van der Waals surface area contributed by atoms with Crippen LogP contribution in [0.4, 0.5) is 0 Å². The summed E-state index contributed by atoms with van der Waals surface area (Å²) in [6.07, 6.45) is 0. The molecule has 7 heteroatoms. The van der Waals surface area contributed by atoms with E-state index in [0.29, 0.717) is 11.7 Å². The number of hydrogen-bond acceptors (Lipinski definition) is 6. The van der Waals surface area contributed by atoms with E-state index in [-0.39, 0.29) is 6.04 Å². The zero-order valence-corrected chi connectivity index (χ0v) is 14.0. The van der Waals surface area contributed by atoms with Crippen molar-refractivity contribution in [1.29, 1.82) is 0 Å². The third kappa shape index (κ3) is 2.78. The molecule has 0 aromatic carbocycles. The van der Waals surface area contributed by atoms with E-state index in [4.69, 9.17) is 4.52 Å². The first-order chi connectivity index (χ1) is 10.5. The predicted octanol–water partition coefficient (Wildman–Crippen LogP) is 1.22. The minimum Gasteiger partial charge on any atom is -0.338 e. The third-order valence-electron chi connectivity index (χ3n) is 4.60. The van der Waals surface area contributed by atoms with Crippen LogP contribution in [0.5, 0.6) is 0 Å². The van der Waals surface area contributed by atoms with Crippen molar-refractivity contribution in [3.8, 4) is 0 Å². The second-order valence-corrected chi connectivity index (χ2v) is 6.18. The molecule has 22 heavy (non-hydrogen) atoms. The van der Waals surface area contributed by atoms with Crippen LogP contribution in [0.25, 0.3) is 0 Å². The van der Waals surface area contributed by atoms with Gasteiger partial charge in [0.05, 0.1) is 5.69 Å². The van der Waals surface area contributed by atoms with Crippen molar-refractivity contribution < 1.29 is 4.52 Å². The second-order valence-electron chi connectivity index (χ2n) is 6.18. The normalized spacial score (nSPS) is 20.7. The summed E-state index contributed by atoms with van der Waals surface area (Å²) in [6, 6.07) is 0.159. The third-order valence-corrected chi connectivity index (χ3v) is 4.60. The van der Waals surface area contributed by atoms with Crippen LogP contribution in [0.1, 0.15) is 34.7 Å². The van der Waals surface area contributed by atoms with Gasteiger partial charge in [-0.1, -0.05) is 5.16 Å². The van der Waals surface area contributed by atoms with Crippen LogP contribution < -0.4 is 0 Å². The zero-order chi connectivity index (χ0) is 15.9. The summed E-state index contributed by atoms with van der Waals surface area (Å²) < 4.78 is 7.34. The molecule has 1 atom stereocenters. The van der Waals surface area contributed by atoms with Crippen molar-refractivity contribution in [2.75, 3.05) is 26.7 Å². The Morgan fingerprint density at radius 1 is 1.18 bits per heavy atom. The second kappa shape index (κ2) is 5.81. The lowest BCUT2D eigenvalue weighted by Gasteiger charge is -2.37. The fourth-order valence-electron chi connectivity index (χ4n) is 3.06. The molecular formula is C15H24N6O. The van der Waals surface area contributed by atoms with Crippen molar-refractivity contribution in [2.24, 2.45) is 7.05 Å². The van der Waals surface area contributed by atoms with Crippen molar-refractivity contribution in [2.45, 2.75) is 33.4 Å². The van der Waals surface area contributed by atoms with Gasteiger partial charge in [-0.2, -0.15) is 10.1 Å². The van der Waals surface area contributed by atoms with Gasteiger partial charge in [0.2, 0.25) is 5.89 Å². The van der Waals surface area contributed by atoms with Crippen molar-refractivity contribution in [3.63, 3.8) is 0 Å². The predicted molar refractivity (Wildman–Crippen MR) is 82.4 cm³/mol. The van der Waals surface area contributed by atoms with Gasteiger partial charge in [0.15, 0.2) is 5.82 Å². The van der Waals surface area contributed by atoms with E-state index in [2.05, 4.69) is 45.9 Å². The van der Waals surface area contributed by atoms with Gasteiger partial charge in [0, 0.05) is 44.5 Å². The molecule has 0 saturated carbocycles. The molecule has 120 valence electrons. The minimum atomic E-state index is 0.159. The Hall–Kier alpha value is -1.73. The molecule has 0 bridgehead atoms. The van der Waals surface area contributed by atoms with Gasteiger partial charge < -0.3 is 4.52 Å². The topological polar surface area (TPSA) is 63.2 Å². The molecule has 1 aliphatic heterocycles. The molecule has 0 spiro atoms. The molecule has 0 N–H and O–H groups in total. The van der Waals surface area contributed by atoms with E-state index in [1.807, 2.05) is 18.7 Å². The van der Waals surface area contributed by atoms with E-state index in [1.54, 1.807) is 0 Å². The largest absolute Gasteiger partial charge is 0.338 e. The number of rotatable bonds is 3. The van der Waals surface area contributed by atoms with Gasteiger partial charge in [-0.3, -0.25) is 14.5 Å². The van der Waals surface area contributed by atoms with E-state index in [9.17, 15) is 0 Å². The number of hydrogen-bond donors (Lipinski definition) is 0. The molecule has 0 aliphatic carbocycles. The molecule has 1 unspecified atom stereocenters. The first-order valence-corrected chi connectivity index (χ1v) is 7.67. The molecule has 7 nitrogen and oxygen atoms in total. The number of piperazine rings is 1. The van der Waals surface area contributed by atoms with Gasteiger partial charge in [-0.15, -0.1) is 0 Å². The Bertz CT molecular complexity index is 661. The summed E-state index contributed by atoms with van der Waals surface area (Å²) >= 11 is 0. The number of aryl methyl sites for hydroxylation is 3. The molecule has 3 heterocycles. The van der Waals surface area contributed by atoms with E-state index in [1.165, 1.54) is 11.3 Å². The molecule has 3 rings (SSSR count). The van der Waals surface area contributed by atoms with E-state index >= 15 is 0 Å². The average molecular weight is 304 g/mol. The standard InChI is InChI=1S/C15H24N6O/c1-10-13(11(2)20(5)17-10)8-21-7-6-19(4)14(9-21)15-16-12(3)18-22-15/h14H,6-9H2,1-5H3. The van der Waals surface area contributed by atoms with Gasteiger partial charge >= 0.3 is 0 Å². The first-order valence-electron chi connectivity index (χ1n) is 7.67. The summed E-state index contributed by atoms with van der Waals surface area (Å²) in [5, 5.41) is 8.43. The first kappa shape index (κ1) is 15.2. The average Bonchev–Trinajstić information content (AvgIpc) is 3.00. The SMILES string of the molecule is Cc1noc(C2CN(Cc3c(C)nn(C)c3C)CCN2C)n1. The minimum absolute atomic E-state index is 0.159. The van der Waals surface area contributed by atoms with Gasteiger partial charge in [0.25, 0.3) is 0 Å². The highest BCUT2D eigenvalue weighted by molar-refractivity contribution is 5.24. The summed E-state index contributed by atoms with van der Waals surface area (Å²) in [5.74, 6) is 1.41. The quantitative estimate of drug-likeness (QED) is 0.849. The summed E-state index contributed by atoms with van der Waals surface area (Å²) in [4.78, 5) is 9.13. The highest BCUT2D eigenvalue weighted by atomic mass is 16.5. The maximum atomic E-state index is 5.38. The molecule has 1 fully saturated rings. The van der Waals surface area contributed by atoms with Gasteiger partial charge in [0.1, 0.15) is 6.04 Å². The van der Waals surface area contributed by atoms with Crippen molar-refractivity contribution in [3.05, 3.63) is 28.7 Å². The lowest BCUT2D eigenvalue weighted by Crippen LogP contribution is -2.46. The Morgan fingerprint density at radius 3 is 2.55 bits per heavy atom. The van der Waals surface area contributed by atoms with Crippen molar-refractivity contribution in [1.82, 2.24) is 29.7 Å². The maximum Gasteiger partial charge on any atom is 0.245 e. The van der Waals surface area contributed by atoms with Gasteiger partial charge in [-0.05, 0) is 27.8 Å².